The Bertz CT molecular complexity index is 168. The number of carbonyl (C=O) groups is 1. The largest absolute Gasteiger partial charge is 0.447 e. The van der Waals surface area contributed by atoms with Crippen LogP contribution in [0.2, 0.25) is 0 Å². The number of ether oxygens (including phenoxy) is 1. The molecule has 1 fully saturated rings. The van der Waals surface area contributed by atoms with E-state index in [1.54, 1.807) is 4.90 Å². The molecular weight excluding hydrogens is 170 g/mol. The van der Waals surface area contributed by atoms with Crippen LogP contribution >= 0.6 is 0 Å². The molecule has 1 aliphatic rings. The topological polar surface area (TPSA) is 49.8 Å². The molecule has 0 aromatic rings. The maximum Gasteiger partial charge on any atom is 0.410 e. The second-order valence-corrected chi connectivity index (χ2v) is 3.26. The van der Waals surface area contributed by atoms with Crippen LogP contribution in [0.3, 0.4) is 0 Å². The first-order valence-corrected chi connectivity index (χ1v) is 4.83. The molecule has 76 valence electrons. The van der Waals surface area contributed by atoms with E-state index in [0.717, 1.165) is 25.8 Å². The van der Waals surface area contributed by atoms with Gasteiger partial charge in [0.05, 0.1) is 6.61 Å². The average Bonchev–Trinajstić information content (AvgIpc) is 2.93. The van der Waals surface area contributed by atoms with Gasteiger partial charge < -0.3 is 14.7 Å². The van der Waals surface area contributed by atoms with Crippen LogP contribution in [0.1, 0.15) is 26.2 Å². The van der Waals surface area contributed by atoms with Crippen molar-refractivity contribution in [3.8, 4) is 0 Å². The van der Waals surface area contributed by atoms with E-state index in [2.05, 4.69) is 0 Å². The summed E-state index contributed by atoms with van der Waals surface area (Å²) < 4.78 is 4.84. The summed E-state index contributed by atoms with van der Waals surface area (Å²) in [6.07, 6.45) is 2.85. The minimum atomic E-state index is -0.279. The first kappa shape index (κ1) is 10.3. The molecule has 1 N–H and O–H groups in total. The van der Waals surface area contributed by atoms with Crippen LogP contribution in [0.15, 0.2) is 0 Å². The number of aliphatic hydroxyl groups is 1. The summed E-state index contributed by atoms with van der Waals surface area (Å²) in [5, 5.41) is 8.49. The summed E-state index contributed by atoms with van der Waals surface area (Å²) in [4.78, 5) is 13.1. The van der Waals surface area contributed by atoms with Crippen molar-refractivity contribution in [2.24, 2.45) is 0 Å². The van der Waals surface area contributed by atoms with Gasteiger partial charge in [-0.25, -0.2) is 4.79 Å². The van der Waals surface area contributed by atoms with E-state index in [-0.39, 0.29) is 19.3 Å². The lowest BCUT2D eigenvalue weighted by atomic mass is 10.4. The smallest absolute Gasteiger partial charge is 0.410 e. The van der Waals surface area contributed by atoms with Gasteiger partial charge in [0.25, 0.3) is 0 Å². The van der Waals surface area contributed by atoms with Crippen molar-refractivity contribution in [2.75, 3.05) is 19.8 Å². The summed E-state index contributed by atoms with van der Waals surface area (Å²) in [5.41, 5.74) is 0. The zero-order chi connectivity index (χ0) is 9.68. The van der Waals surface area contributed by atoms with E-state index >= 15 is 0 Å². The minimum Gasteiger partial charge on any atom is -0.447 e. The fourth-order valence-corrected chi connectivity index (χ4v) is 1.27. The molecular formula is C9H17NO3. The van der Waals surface area contributed by atoms with Crippen molar-refractivity contribution in [2.45, 2.75) is 32.2 Å². The third-order valence-corrected chi connectivity index (χ3v) is 2.00. The van der Waals surface area contributed by atoms with Gasteiger partial charge >= 0.3 is 6.09 Å². The Morgan fingerprint density at radius 1 is 1.62 bits per heavy atom. The van der Waals surface area contributed by atoms with E-state index in [1.165, 1.54) is 0 Å². The van der Waals surface area contributed by atoms with Crippen LogP contribution in [-0.4, -0.2) is 41.9 Å². The highest BCUT2D eigenvalue weighted by Crippen LogP contribution is 2.27. The van der Waals surface area contributed by atoms with E-state index in [9.17, 15) is 4.79 Å². The van der Waals surface area contributed by atoms with Crippen LogP contribution < -0.4 is 0 Å². The summed E-state index contributed by atoms with van der Waals surface area (Å²) in [6.45, 7) is 2.80. The normalized spacial score (nSPS) is 15.5. The van der Waals surface area contributed by atoms with Crippen molar-refractivity contribution >= 4 is 6.09 Å². The highest BCUT2D eigenvalue weighted by Gasteiger charge is 2.32. The molecule has 13 heavy (non-hydrogen) atoms. The van der Waals surface area contributed by atoms with E-state index < -0.39 is 0 Å². The van der Waals surface area contributed by atoms with Gasteiger partial charge in [-0.3, -0.25) is 0 Å². The van der Waals surface area contributed by atoms with Gasteiger partial charge in [-0.2, -0.15) is 0 Å². The van der Waals surface area contributed by atoms with E-state index in [1.807, 2.05) is 6.92 Å². The fraction of sp³-hybridized carbons (Fsp3) is 0.889. The molecule has 4 heteroatoms. The summed E-state index contributed by atoms with van der Waals surface area (Å²) in [7, 11) is 0. The predicted molar refractivity (Wildman–Crippen MR) is 48.5 cm³/mol. The van der Waals surface area contributed by atoms with Crippen molar-refractivity contribution < 1.29 is 14.6 Å². The van der Waals surface area contributed by atoms with Gasteiger partial charge in [-0.15, -0.1) is 0 Å². The molecule has 0 radical (unpaired) electrons. The Hall–Kier alpha value is -0.770. The predicted octanol–water partition coefficient (Wildman–Crippen LogP) is 0.990. The fourth-order valence-electron chi connectivity index (χ4n) is 1.27. The molecule has 1 rings (SSSR count). The molecule has 0 saturated heterocycles. The SMILES string of the molecule is CCCN(C(=O)OCCO)C1CC1. The Morgan fingerprint density at radius 2 is 2.31 bits per heavy atom. The van der Waals surface area contributed by atoms with Crippen LogP contribution in [0.5, 0.6) is 0 Å². The van der Waals surface area contributed by atoms with E-state index in [4.69, 9.17) is 9.84 Å². The van der Waals surface area contributed by atoms with Gasteiger partial charge in [0.2, 0.25) is 0 Å². The molecule has 1 saturated carbocycles. The molecule has 0 aromatic heterocycles. The van der Waals surface area contributed by atoms with Gasteiger partial charge in [0.15, 0.2) is 0 Å². The molecule has 0 unspecified atom stereocenters. The summed E-state index contributed by atoms with van der Waals surface area (Å²) in [5.74, 6) is 0. The van der Waals surface area contributed by atoms with Crippen molar-refractivity contribution in [1.82, 2.24) is 4.90 Å². The molecule has 1 aliphatic carbocycles. The second kappa shape index (κ2) is 5.07. The van der Waals surface area contributed by atoms with Gasteiger partial charge in [-0.05, 0) is 19.3 Å². The van der Waals surface area contributed by atoms with Crippen molar-refractivity contribution in [1.29, 1.82) is 0 Å². The molecule has 0 aliphatic heterocycles. The standard InChI is InChI=1S/C9H17NO3/c1-2-5-10(8-3-4-8)9(12)13-7-6-11/h8,11H,2-7H2,1H3. The zero-order valence-corrected chi connectivity index (χ0v) is 8.03. The van der Waals surface area contributed by atoms with Crippen LogP contribution in [0.25, 0.3) is 0 Å². The molecule has 1 amide bonds. The molecule has 0 spiro atoms. The maximum absolute atomic E-state index is 11.4. The van der Waals surface area contributed by atoms with Gasteiger partial charge in [-0.1, -0.05) is 6.92 Å². The second-order valence-electron chi connectivity index (χ2n) is 3.26. The maximum atomic E-state index is 11.4. The lowest BCUT2D eigenvalue weighted by Crippen LogP contribution is -2.34. The number of aliphatic hydroxyl groups excluding tert-OH is 1. The summed E-state index contributed by atoms with van der Waals surface area (Å²) >= 11 is 0. The van der Waals surface area contributed by atoms with Crippen LogP contribution in [-0.2, 0) is 4.74 Å². The highest BCUT2D eigenvalue weighted by molar-refractivity contribution is 5.68. The van der Waals surface area contributed by atoms with Crippen LogP contribution in [0, 0.1) is 0 Å². The Labute approximate surface area is 78.5 Å². The monoisotopic (exact) mass is 187 g/mol. The number of hydrogen-bond donors (Lipinski definition) is 1. The zero-order valence-electron chi connectivity index (χ0n) is 8.03. The molecule has 4 nitrogen and oxygen atoms in total. The Balaban J connectivity index is 2.29. The van der Waals surface area contributed by atoms with Crippen LogP contribution in [0.4, 0.5) is 4.79 Å². The molecule has 0 aromatic carbocycles. The highest BCUT2D eigenvalue weighted by atomic mass is 16.6. The lowest BCUT2D eigenvalue weighted by molar-refractivity contribution is 0.0820. The Kier molecular flexibility index (Phi) is 4.02. The number of amides is 1. The van der Waals surface area contributed by atoms with Gasteiger partial charge in [0, 0.05) is 12.6 Å². The minimum absolute atomic E-state index is 0.101. The third kappa shape index (κ3) is 3.22. The number of hydrogen-bond acceptors (Lipinski definition) is 3. The molecule has 0 heterocycles. The average molecular weight is 187 g/mol. The van der Waals surface area contributed by atoms with Crippen molar-refractivity contribution in [3.63, 3.8) is 0 Å². The quantitative estimate of drug-likeness (QED) is 0.698. The van der Waals surface area contributed by atoms with Crippen molar-refractivity contribution in [3.05, 3.63) is 0 Å². The molecule has 0 atom stereocenters. The first-order chi connectivity index (χ1) is 6.29. The lowest BCUT2D eigenvalue weighted by Gasteiger charge is -2.20. The third-order valence-electron chi connectivity index (χ3n) is 2.00. The Morgan fingerprint density at radius 3 is 2.77 bits per heavy atom. The van der Waals surface area contributed by atoms with Gasteiger partial charge in [0.1, 0.15) is 6.61 Å². The number of carbonyl (C=O) groups excluding carboxylic acids is 1. The first-order valence-electron chi connectivity index (χ1n) is 4.83. The number of nitrogens with zero attached hydrogens (tertiary/aromatic N) is 1. The number of rotatable bonds is 5. The molecule has 0 bridgehead atoms. The summed E-state index contributed by atoms with van der Waals surface area (Å²) in [6, 6.07) is 0.395. The van der Waals surface area contributed by atoms with E-state index in [0.29, 0.717) is 6.04 Å².